The second kappa shape index (κ2) is 3.58. The average Bonchev–Trinajstić information content (AvgIpc) is 2.30. The Morgan fingerprint density at radius 1 is 1.75 bits per heavy atom. The van der Waals surface area contributed by atoms with Crippen molar-refractivity contribution in [1.29, 1.82) is 0 Å². The van der Waals surface area contributed by atoms with Crippen LogP contribution in [0, 0.1) is 6.92 Å². The van der Waals surface area contributed by atoms with Gasteiger partial charge < -0.3 is 10.5 Å². The molecule has 0 bridgehead atoms. The SMILES string of the molecule is CCOC(=O)c1cc(C)sc1N. The van der Waals surface area contributed by atoms with E-state index in [1.807, 2.05) is 6.92 Å². The van der Waals surface area contributed by atoms with Crippen LogP contribution >= 0.6 is 11.3 Å². The van der Waals surface area contributed by atoms with Crippen molar-refractivity contribution >= 4 is 22.3 Å². The van der Waals surface area contributed by atoms with E-state index in [9.17, 15) is 4.79 Å². The lowest BCUT2D eigenvalue weighted by molar-refractivity contribution is 0.0528. The monoisotopic (exact) mass is 185 g/mol. The van der Waals surface area contributed by atoms with Gasteiger partial charge in [-0.05, 0) is 19.9 Å². The zero-order valence-electron chi connectivity index (χ0n) is 7.09. The van der Waals surface area contributed by atoms with Crippen LogP contribution in [0.3, 0.4) is 0 Å². The summed E-state index contributed by atoms with van der Waals surface area (Å²) in [4.78, 5) is 12.2. The number of anilines is 1. The van der Waals surface area contributed by atoms with E-state index >= 15 is 0 Å². The van der Waals surface area contributed by atoms with E-state index in [2.05, 4.69) is 0 Å². The second-order valence-corrected chi connectivity index (χ2v) is 3.64. The zero-order chi connectivity index (χ0) is 9.14. The Morgan fingerprint density at radius 2 is 2.42 bits per heavy atom. The highest BCUT2D eigenvalue weighted by Gasteiger charge is 2.12. The highest BCUT2D eigenvalue weighted by atomic mass is 32.1. The Balaban J connectivity index is 2.87. The maximum absolute atomic E-state index is 11.2. The molecule has 0 atom stereocenters. The molecule has 0 radical (unpaired) electrons. The van der Waals surface area contributed by atoms with Gasteiger partial charge in [0.2, 0.25) is 0 Å². The Labute approximate surface area is 75.1 Å². The van der Waals surface area contributed by atoms with Crippen LogP contribution in [0.15, 0.2) is 6.07 Å². The van der Waals surface area contributed by atoms with E-state index in [0.29, 0.717) is 17.2 Å². The smallest absolute Gasteiger partial charge is 0.341 e. The minimum atomic E-state index is -0.334. The second-order valence-electron chi connectivity index (χ2n) is 2.36. The third-order valence-corrected chi connectivity index (χ3v) is 2.26. The number of ether oxygens (including phenoxy) is 1. The van der Waals surface area contributed by atoms with Crippen LogP contribution in [0.4, 0.5) is 5.00 Å². The molecule has 12 heavy (non-hydrogen) atoms. The third kappa shape index (κ3) is 1.76. The molecule has 4 heteroatoms. The van der Waals surface area contributed by atoms with Gasteiger partial charge in [-0.15, -0.1) is 11.3 Å². The van der Waals surface area contributed by atoms with E-state index in [1.165, 1.54) is 11.3 Å². The molecule has 1 rings (SSSR count). The van der Waals surface area contributed by atoms with E-state index in [4.69, 9.17) is 10.5 Å². The molecule has 2 N–H and O–H groups in total. The molecule has 0 aromatic carbocycles. The molecule has 0 spiro atoms. The first-order valence-electron chi connectivity index (χ1n) is 3.68. The number of hydrogen-bond donors (Lipinski definition) is 1. The average molecular weight is 185 g/mol. The molecule has 1 aromatic rings. The molecule has 0 fully saturated rings. The van der Waals surface area contributed by atoms with Crippen LogP contribution in [-0.4, -0.2) is 12.6 Å². The topological polar surface area (TPSA) is 52.3 Å². The molecule has 0 aliphatic heterocycles. The van der Waals surface area contributed by atoms with Crippen molar-refractivity contribution in [3.8, 4) is 0 Å². The first-order chi connectivity index (χ1) is 5.65. The van der Waals surface area contributed by atoms with Crippen molar-refractivity contribution in [2.24, 2.45) is 0 Å². The molecular weight excluding hydrogens is 174 g/mol. The van der Waals surface area contributed by atoms with Crippen molar-refractivity contribution in [2.75, 3.05) is 12.3 Å². The van der Waals surface area contributed by atoms with Crippen molar-refractivity contribution in [3.63, 3.8) is 0 Å². The number of thiophene rings is 1. The summed E-state index contributed by atoms with van der Waals surface area (Å²) in [5.41, 5.74) is 6.08. The standard InChI is InChI=1S/C8H11NO2S/c1-3-11-8(10)6-4-5(2)12-7(6)9/h4H,3,9H2,1-2H3. The molecule has 0 unspecified atom stereocenters. The summed E-state index contributed by atoms with van der Waals surface area (Å²) >= 11 is 1.40. The van der Waals surface area contributed by atoms with Gasteiger partial charge in [-0.25, -0.2) is 4.79 Å². The van der Waals surface area contributed by atoms with E-state index < -0.39 is 0 Å². The molecule has 0 aliphatic rings. The van der Waals surface area contributed by atoms with Crippen LogP contribution in [-0.2, 0) is 4.74 Å². The number of nitrogen functional groups attached to an aromatic ring is 1. The lowest BCUT2D eigenvalue weighted by atomic mass is 10.3. The van der Waals surface area contributed by atoms with Crippen molar-refractivity contribution in [3.05, 3.63) is 16.5 Å². The summed E-state index contributed by atoms with van der Waals surface area (Å²) in [7, 11) is 0. The number of esters is 1. The van der Waals surface area contributed by atoms with Gasteiger partial charge in [0, 0.05) is 4.88 Å². The van der Waals surface area contributed by atoms with Crippen molar-refractivity contribution in [2.45, 2.75) is 13.8 Å². The van der Waals surface area contributed by atoms with Crippen LogP contribution < -0.4 is 5.73 Å². The summed E-state index contributed by atoms with van der Waals surface area (Å²) in [6.45, 7) is 4.06. The summed E-state index contributed by atoms with van der Waals surface area (Å²) < 4.78 is 4.81. The molecule has 0 amide bonds. The number of carbonyl (C=O) groups is 1. The fourth-order valence-corrected chi connectivity index (χ4v) is 1.68. The fourth-order valence-electron chi connectivity index (χ4n) is 0.901. The minimum Gasteiger partial charge on any atom is -0.462 e. The van der Waals surface area contributed by atoms with Crippen LogP contribution in [0.1, 0.15) is 22.2 Å². The molecule has 3 nitrogen and oxygen atoms in total. The van der Waals surface area contributed by atoms with Gasteiger partial charge in [0.05, 0.1) is 12.2 Å². The highest BCUT2D eigenvalue weighted by Crippen LogP contribution is 2.24. The first kappa shape index (κ1) is 9.06. The molecule has 0 aliphatic carbocycles. The fraction of sp³-hybridized carbons (Fsp3) is 0.375. The lowest BCUT2D eigenvalue weighted by Gasteiger charge is -1.98. The highest BCUT2D eigenvalue weighted by molar-refractivity contribution is 7.16. The van der Waals surface area contributed by atoms with Crippen LogP contribution in [0.5, 0.6) is 0 Å². The van der Waals surface area contributed by atoms with Gasteiger partial charge >= 0.3 is 5.97 Å². The Kier molecular flexibility index (Phi) is 2.70. The molecule has 66 valence electrons. The minimum absolute atomic E-state index is 0.334. The molecule has 0 saturated carbocycles. The molecule has 0 saturated heterocycles. The summed E-state index contributed by atoms with van der Waals surface area (Å²) in [6, 6.07) is 1.75. The predicted molar refractivity (Wildman–Crippen MR) is 49.4 cm³/mol. The van der Waals surface area contributed by atoms with Crippen LogP contribution in [0.2, 0.25) is 0 Å². The van der Waals surface area contributed by atoms with Gasteiger partial charge in [0.1, 0.15) is 5.00 Å². The zero-order valence-corrected chi connectivity index (χ0v) is 7.90. The Bertz CT molecular complexity index is 293. The summed E-state index contributed by atoms with van der Waals surface area (Å²) in [5, 5.41) is 0.533. The number of hydrogen-bond acceptors (Lipinski definition) is 4. The maximum Gasteiger partial charge on any atom is 0.341 e. The maximum atomic E-state index is 11.2. The molecule has 1 aromatic heterocycles. The number of rotatable bonds is 2. The Morgan fingerprint density at radius 3 is 2.83 bits per heavy atom. The third-order valence-electron chi connectivity index (χ3n) is 1.38. The largest absolute Gasteiger partial charge is 0.462 e. The van der Waals surface area contributed by atoms with E-state index in [-0.39, 0.29) is 5.97 Å². The number of nitrogens with two attached hydrogens (primary N) is 1. The molecular formula is C8H11NO2S. The van der Waals surface area contributed by atoms with Crippen molar-refractivity contribution < 1.29 is 9.53 Å². The first-order valence-corrected chi connectivity index (χ1v) is 4.49. The van der Waals surface area contributed by atoms with Gasteiger partial charge in [-0.3, -0.25) is 0 Å². The Hall–Kier alpha value is -1.03. The number of carbonyl (C=O) groups excluding carboxylic acids is 1. The van der Waals surface area contributed by atoms with Gasteiger partial charge in [0.15, 0.2) is 0 Å². The normalized spacial score (nSPS) is 9.83. The summed E-state index contributed by atoms with van der Waals surface area (Å²) in [5.74, 6) is -0.334. The lowest BCUT2D eigenvalue weighted by Crippen LogP contribution is -2.05. The predicted octanol–water partition coefficient (Wildman–Crippen LogP) is 1.82. The van der Waals surface area contributed by atoms with Gasteiger partial charge in [0.25, 0.3) is 0 Å². The molecule has 1 heterocycles. The van der Waals surface area contributed by atoms with E-state index in [1.54, 1.807) is 13.0 Å². The quantitative estimate of drug-likeness (QED) is 0.715. The van der Waals surface area contributed by atoms with Gasteiger partial charge in [-0.1, -0.05) is 0 Å². The summed E-state index contributed by atoms with van der Waals surface area (Å²) in [6.07, 6.45) is 0. The number of aryl methyl sites for hydroxylation is 1. The van der Waals surface area contributed by atoms with E-state index in [0.717, 1.165) is 4.88 Å². The van der Waals surface area contributed by atoms with Gasteiger partial charge in [-0.2, -0.15) is 0 Å². The van der Waals surface area contributed by atoms with Crippen molar-refractivity contribution in [1.82, 2.24) is 0 Å². The van der Waals surface area contributed by atoms with Crippen LogP contribution in [0.25, 0.3) is 0 Å².